The fourth-order valence-corrected chi connectivity index (χ4v) is 6.01. The predicted octanol–water partition coefficient (Wildman–Crippen LogP) is 4.90. The summed E-state index contributed by atoms with van der Waals surface area (Å²) in [6.45, 7) is 2.68. The smallest absolute Gasteiger partial charge is 0.234 e. The summed E-state index contributed by atoms with van der Waals surface area (Å²) in [5.74, 6) is 2.77. The molecule has 1 saturated heterocycles. The average molecular weight is 488 g/mol. The molecule has 0 N–H and O–H groups in total. The maximum Gasteiger partial charge on any atom is 0.234 e. The molecule has 0 atom stereocenters. The van der Waals surface area contributed by atoms with Crippen LogP contribution in [0.15, 0.2) is 60.7 Å². The quantitative estimate of drug-likeness (QED) is 0.408. The molecule has 0 spiro atoms. The van der Waals surface area contributed by atoms with Crippen molar-refractivity contribution in [3.05, 3.63) is 71.8 Å². The highest BCUT2D eigenvalue weighted by Crippen LogP contribution is 2.45. The van der Waals surface area contributed by atoms with Gasteiger partial charge in [0.15, 0.2) is 5.13 Å². The molecular formula is C27H25N3O4S. The van der Waals surface area contributed by atoms with E-state index in [0.29, 0.717) is 26.2 Å². The van der Waals surface area contributed by atoms with Gasteiger partial charge in [-0.25, -0.2) is 4.98 Å². The normalized spacial score (nSPS) is 15.4. The van der Waals surface area contributed by atoms with E-state index < -0.39 is 0 Å². The second kappa shape index (κ2) is 8.78. The first kappa shape index (κ1) is 21.7. The number of methoxy groups -OCH3 is 2. The van der Waals surface area contributed by atoms with E-state index in [9.17, 15) is 4.79 Å². The Hall–Kier alpha value is -3.78. The maximum absolute atomic E-state index is 13.8. The first-order chi connectivity index (χ1) is 17.2. The molecule has 4 aromatic rings. The molecule has 178 valence electrons. The Morgan fingerprint density at radius 1 is 0.886 bits per heavy atom. The molecule has 0 bridgehead atoms. The summed E-state index contributed by atoms with van der Waals surface area (Å²) in [6.07, 6.45) is 0. The third kappa shape index (κ3) is 3.65. The molecule has 2 aliphatic rings. The second-order valence-electron chi connectivity index (χ2n) is 8.57. The largest absolute Gasteiger partial charge is 0.495 e. The number of carbonyl (C=O) groups excluding carboxylic acids is 1. The third-order valence-electron chi connectivity index (χ3n) is 6.69. The number of ether oxygens (including phenoxy) is 3. The van der Waals surface area contributed by atoms with Crippen molar-refractivity contribution < 1.29 is 19.0 Å². The summed E-state index contributed by atoms with van der Waals surface area (Å²) in [6, 6.07) is 19.4. The Balaban J connectivity index is 1.24. The van der Waals surface area contributed by atoms with Gasteiger partial charge in [0.2, 0.25) is 5.91 Å². The van der Waals surface area contributed by atoms with E-state index >= 15 is 0 Å². The lowest BCUT2D eigenvalue weighted by molar-refractivity contribution is -0.132. The van der Waals surface area contributed by atoms with Crippen molar-refractivity contribution in [3.63, 3.8) is 0 Å². The molecule has 1 fully saturated rings. The summed E-state index contributed by atoms with van der Waals surface area (Å²) in [4.78, 5) is 22.9. The van der Waals surface area contributed by atoms with E-state index in [-0.39, 0.29) is 11.8 Å². The van der Waals surface area contributed by atoms with Crippen LogP contribution in [0.2, 0.25) is 0 Å². The lowest BCUT2D eigenvalue weighted by Gasteiger charge is -2.37. The number of nitrogens with zero attached hydrogens (tertiary/aromatic N) is 3. The molecule has 3 aromatic carbocycles. The van der Waals surface area contributed by atoms with Crippen molar-refractivity contribution in [2.75, 3.05) is 45.3 Å². The topological polar surface area (TPSA) is 64.1 Å². The number of rotatable bonds is 4. The van der Waals surface area contributed by atoms with Gasteiger partial charge in [0.05, 0.1) is 20.1 Å². The number of hydrogen-bond acceptors (Lipinski definition) is 7. The minimum atomic E-state index is -0.362. The Bertz CT molecular complexity index is 1320. The van der Waals surface area contributed by atoms with Gasteiger partial charge in [-0.1, -0.05) is 47.7 Å². The molecule has 2 aliphatic heterocycles. The lowest BCUT2D eigenvalue weighted by Crippen LogP contribution is -2.50. The van der Waals surface area contributed by atoms with Crippen LogP contribution < -0.4 is 19.1 Å². The van der Waals surface area contributed by atoms with Crippen molar-refractivity contribution in [2.45, 2.75) is 5.92 Å². The molecule has 6 rings (SSSR count). The lowest BCUT2D eigenvalue weighted by atomic mass is 9.86. The Kier molecular flexibility index (Phi) is 5.45. The zero-order chi connectivity index (χ0) is 23.9. The number of hydrogen-bond donors (Lipinski definition) is 0. The van der Waals surface area contributed by atoms with Crippen molar-refractivity contribution in [1.29, 1.82) is 0 Å². The summed E-state index contributed by atoms with van der Waals surface area (Å²) in [7, 11) is 3.31. The zero-order valence-corrected chi connectivity index (χ0v) is 20.4. The zero-order valence-electron chi connectivity index (χ0n) is 19.6. The minimum absolute atomic E-state index is 0.112. The van der Waals surface area contributed by atoms with E-state index in [1.807, 2.05) is 65.6 Å². The van der Waals surface area contributed by atoms with Gasteiger partial charge in [0, 0.05) is 37.3 Å². The van der Waals surface area contributed by atoms with Crippen LogP contribution >= 0.6 is 11.3 Å². The molecule has 0 radical (unpaired) electrons. The monoisotopic (exact) mass is 487 g/mol. The van der Waals surface area contributed by atoms with E-state index in [1.165, 1.54) is 0 Å². The SMILES string of the molecule is COc1ccc(OC)c2sc(N3CCN(C(=O)C4c5ccccc5Oc5ccccc54)CC3)nc12. The number of piperazine rings is 1. The van der Waals surface area contributed by atoms with Crippen molar-refractivity contribution in [2.24, 2.45) is 0 Å². The number of aromatic nitrogens is 1. The van der Waals surface area contributed by atoms with E-state index in [4.69, 9.17) is 19.2 Å². The van der Waals surface area contributed by atoms with E-state index in [2.05, 4.69) is 4.90 Å². The third-order valence-corrected chi connectivity index (χ3v) is 7.82. The predicted molar refractivity (Wildman–Crippen MR) is 136 cm³/mol. The molecule has 0 unspecified atom stereocenters. The molecule has 0 aliphatic carbocycles. The van der Waals surface area contributed by atoms with Gasteiger partial charge in [-0.3, -0.25) is 4.79 Å². The first-order valence-electron chi connectivity index (χ1n) is 11.6. The van der Waals surface area contributed by atoms with Crippen LogP contribution in [0.3, 0.4) is 0 Å². The fraction of sp³-hybridized carbons (Fsp3) is 0.259. The summed E-state index contributed by atoms with van der Waals surface area (Å²) in [5.41, 5.74) is 2.65. The number of anilines is 1. The maximum atomic E-state index is 13.8. The number of carbonyl (C=O) groups is 1. The van der Waals surface area contributed by atoms with Crippen LogP contribution in [0.1, 0.15) is 17.0 Å². The standard InChI is InChI=1S/C27H25N3O4S/c1-32-21-11-12-22(33-2)25-24(21)28-27(35-25)30-15-13-29(14-16-30)26(31)23-17-7-3-5-9-19(17)34-20-10-6-4-8-18(20)23/h3-12,23H,13-16H2,1-2H3. The second-order valence-corrected chi connectivity index (χ2v) is 9.54. The van der Waals surface area contributed by atoms with E-state index in [1.54, 1.807) is 25.6 Å². The summed E-state index contributed by atoms with van der Waals surface area (Å²) >= 11 is 1.59. The molecule has 1 aromatic heterocycles. The Morgan fingerprint density at radius 2 is 1.49 bits per heavy atom. The molecule has 8 heteroatoms. The number of fused-ring (bicyclic) bond motifs is 3. The number of para-hydroxylation sites is 2. The van der Waals surface area contributed by atoms with Crippen molar-refractivity contribution in [3.8, 4) is 23.0 Å². The number of amides is 1. The molecular weight excluding hydrogens is 462 g/mol. The van der Waals surface area contributed by atoms with Gasteiger partial charge in [0.25, 0.3) is 0 Å². The highest BCUT2D eigenvalue weighted by atomic mass is 32.1. The number of thiazole rings is 1. The van der Waals surface area contributed by atoms with Crippen LogP contribution in [-0.2, 0) is 4.79 Å². The van der Waals surface area contributed by atoms with Crippen LogP contribution in [0, 0.1) is 0 Å². The van der Waals surface area contributed by atoms with Gasteiger partial charge in [-0.2, -0.15) is 0 Å². The van der Waals surface area contributed by atoms with Crippen LogP contribution in [0.5, 0.6) is 23.0 Å². The molecule has 1 amide bonds. The average Bonchev–Trinajstić information content (AvgIpc) is 3.36. The van der Waals surface area contributed by atoms with Gasteiger partial charge < -0.3 is 24.0 Å². The van der Waals surface area contributed by atoms with Crippen LogP contribution in [0.4, 0.5) is 5.13 Å². The molecule has 0 saturated carbocycles. The fourth-order valence-electron chi connectivity index (χ4n) is 4.89. The van der Waals surface area contributed by atoms with E-state index in [0.717, 1.165) is 49.5 Å². The summed E-state index contributed by atoms with van der Waals surface area (Å²) < 4.78 is 18.1. The first-order valence-corrected chi connectivity index (χ1v) is 12.4. The highest BCUT2D eigenvalue weighted by Gasteiger charge is 2.36. The highest BCUT2D eigenvalue weighted by molar-refractivity contribution is 7.22. The van der Waals surface area contributed by atoms with Crippen molar-refractivity contribution >= 4 is 32.6 Å². The van der Waals surface area contributed by atoms with Gasteiger partial charge in [-0.15, -0.1) is 0 Å². The number of benzene rings is 3. The molecule has 3 heterocycles. The molecule has 35 heavy (non-hydrogen) atoms. The van der Waals surface area contributed by atoms with Crippen LogP contribution in [-0.4, -0.2) is 56.2 Å². The minimum Gasteiger partial charge on any atom is -0.495 e. The van der Waals surface area contributed by atoms with Gasteiger partial charge in [-0.05, 0) is 24.3 Å². The van der Waals surface area contributed by atoms with Crippen LogP contribution in [0.25, 0.3) is 10.2 Å². The van der Waals surface area contributed by atoms with Gasteiger partial charge >= 0.3 is 0 Å². The van der Waals surface area contributed by atoms with Crippen molar-refractivity contribution in [1.82, 2.24) is 9.88 Å². The molecule has 7 nitrogen and oxygen atoms in total. The summed E-state index contributed by atoms with van der Waals surface area (Å²) in [5, 5.41) is 0.914. The Labute approximate surface area is 207 Å². The van der Waals surface area contributed by atoms with Gasteiger partial charge in [0.1, 0.15) is 33.2 Å². The Morgan fingerprint density at radius 3 is 2.11 bits per heavy atom.